The Morgan fingerprint density at radius 2 is 2.00 bits per heavy atom. The van der Waals surface area contributed by atoms with Crippen molar-refractivity contribution in [3.05, 3.63) is 23.9 Å². The predicted molar refractivity (Wildman–Crippen MR) is 79.3 cm³/mol. The molecule has 0 spiro atoms. The van der Waals surface area contributed by atoms with Crippen LogP contribution in [0.25, 0.3) is 0 Å². The third kappa shape index (κ3) is 5.73. The number of rotatable bonds is 5. The molecule has 1 rings (SSSR count). The number of pyridine rings is 1. The first-order chi connectivity index (χ1) is 8.79. The lowest BCUT2D eigenvalue weighted by molar-refractivity contribution is -0.119. The van der Waals surface area contributed by atoms with Gasteiger partial charge in [0.1, 0.15) is 5.82 Å². The summed E-state index contributed by atoms with van der Waals surface area (Å²) in [6.07, 6.45) is 1.86. The van der Waals surface area contributed by atoms with E-state index in [0.29, 0.717) is 12.5 Å². The lowest BCUT2D eigenvalue weighted by atomic mass is 9.88. The number of carbonyl (C=O) groups excluding carboxylic acids is 1. The number of hydrogen-bond donors (Lipinski definition) is 2. The summed E-state index contributed by atoms with van der Waals surface area (Å²) in [5.74, 6) is 1.19. The molecule has 4 heteroatoms. The van der Waals surface area contributed by atoms with Crippen molar-refractivity contribution >= 4 is 11.7 Å². The number of nitrogens with one attached hydrogen (secondary N) is 2. The minimum absolute atomic E-state index is 0.00426. The van der Waals surface area contributed by atoms with E-state index in [1.807, 2.05) is 18.3 Å². The van der Waals surface area contributed by atoms with E-state index in [0.717, 1.165) is 5.82 Å². The molecule has 106 valence electrons. The number of carbonyl (C=O) groups is 1. The first-order valence-electron chi connectivity index (χ1n) is 6.76. The summed E-state index contributed by atoms with van der Waals surface area (Å²) in [6, 6.07) is 3.96. The molecule has 0 aliphatic carbocycles. The molecule has 0 bridgehead atoms. The van der Waals surface area contributed by atoms with Crippen molar-refractivity contribution in [3.63, 3.8) is 0 Å². The molecule has 1 amide bonds. The van der Waals surface area contributed by atoms with Gasteiger partial charge in [0.25, 0.3) is 0 Å². The summed E-state index contributed by atoms with van der Waals surface area (Å²) < 4.78 is 0. The second-order valence-corrected chi connectivity index (χ2v) is 6.23. The van der Waals surface area contributed by atoms with Gasteiger partial charge >= 0.3 is 0 Å². The Kier molecular flexibility index (Phi) is 5.33. The molecule has 0 fully saturated rings. The molecule has 19 heavy (non-hydrogen) atoms. The smallest absolute Gasteiger partial charge is 0.239 e. The molecule has 0 radical (unpaired) electrons. The number of nitrogens with zero attached hydrogens (tertiary/aromatic N) is 1. The van der Waals surface area contributed by atoms with Crippen LogP contribution >= 0.6 is 0 Å². The average Bonchev–Trinajstić information content (AvgIpc) is 2.33. The Morgan fingerprint density at radius 1 is 1.32 bits per heavy atom. The summed E-state index contributed by atoms with van der Waals surface area (Å²) in [5.41, 5.74) is 1.28. The Balaban J connectivity index is 2.44. The fourth-order valence-corrected chi connectivity index (χ4v) is 1.49. The maximum absolute atomic E-state index is 11.5. The summed E-state index contributed by atoms with van der Waals surface area (Å²) in [6.45, 7) is 11.6. The SMILES string of the molecule is CC(C)CNC(=O)CNc1ccc(C(C)(C)C)cn1. The normalized spacial score (nSPS) is 11.5. The molecule has 0 saturated heterocycles. The highest BCUT2D eigenvalue weighted by atomic mass is 16.1. The van der Waals surface area contributed by atoms with E-state index in [2.05, 4.69) is 50.2 Å². The molecule has 2 N–H and O–H groups in total. The molecule has 4 nitrogen and oxygen atoms in total. The molecule has 0 aromatic carbocycles. The van der Waals surface area contributed by atoms with Gasteiger partial charge in [-0.3, -0.25) is 4.79 Å². The third-order valence-corrected chi connectivity index (χ3v) is 2.77. The van der Waals surface area contributed by atoms with Crippen LogP contribution in [-0.2, 0) is 10.2 Å². The largest absolute Gasteiger partial charge is 0.361 e. The number of hydrogen-bond acceptors (Lipinski definition) is 3. The molecule has 0 atom stereocenters. The second-order valence-electron chi connectivity index (χ2n) is 6.23. The number of anilines is 1. The highest BCUT2D eigenvalue weighted by Crippen LogP contribution is 2.21. The van der Waals surface area contributed by atoms with Crippen LogP contribution in [0.4, 0.5) is 5.82 Å². The average molecular weight is 263 g/mol. The van der Waals surface area contributed by atoms with E-state index in [9.17, 15) is 4.79 Å². The quantitative estimate of drug-likeness (QED) is 0.858. The van der Waals surface area contributed by atoms with Crippen LogP contribution in [0.15, 0.2) is 18.3 Å². The van der Waals surface area contributed by atoms with Gasteiger partial charge in [-0.05, 0) is 23.0 Å². The summed E-state index contributed by atoms with van der Waals surface area (Å²) >= 11 is 0. The van der Waals surface area contributed by atoms with E-state index in [1.54, 1.807) is 0 Å². The summed E-state index contributed by atoms with van der Waals surface area (Å²) in [7, 11) is 0. The molecule has 0 aliphatic heterocycles. The first kappa shape index (κ1) is 15.5. The third-order valence-electron chi connectivity index (χ3n) is 2.77. The van der Waals surface area contributed by atoms with Gasteiger partial charge in [-0.2, -0.15) is 0 Å². The van der Waals surface area contributed by atoms with Gasteiger partial charge in [0.2, 0.25) is 5.91 Å². The zero-order valence-corrected chi connectivity index (χ0v) is 12.6. The van der Waals surface area contributed by atoms with E-state index in [-0.39, 0.29) is 17.9 Å². The predicted octanol–water partition coefficient (Wildman–Crippen LogP) is 2.56. The van der Waals surface area contributed by atoms with Crippen molar-refractivity contribution in [2.75, 3.05) is 18.4 Å². The van der Waals surface area contributed by atoms with E-state index < -0.39 is 0 Å². The molecule has 0 aliphatic rings. The van der Waals surface area contributed by atoms with Gasteiger partial charge < -0.3 is 10.6 Å². The molecule has 0 unspecified atom stereocenters. The Labute approximate surface area is 116 Å². The van der Waals surface area contributed by atoms with Crippen molar-refractivity contribution in [1.29, 1.82) is 0 Å². The fraction of sp³-hybridized carbons (Fsp3) is 0.600. The summed E-state index contributed by atoms with van der Waals surface area (Å²) in [4.78, 5) is 15.9. The van der Waals surface area contributed by atoms with Crippen LogP contribution in [0.1, 0.15) is 40.2 Å². The maximum Gasteiger partial charge on any atom is 0.239 e. The van der Waals surface area contributed by atoms with Crippen LogP contribution in [-0.4, -0.2) is 24.0 Å². The first-order valence-corrected chi connectivity index (χ1v) is 6.76. The molecular formula is C15H25N3O. The van der Waals surface area contributed by atoms with Crippen LogP contribution in [0.3, 0.4) is 0 Å². The summed E-state index contributed by atoms with van der Waals surface area (Å²) in [5, 5.41) is 5.88. The van der Waals surface area contributed by atoms with Gasteiger partial charge in [0, 0.05) is 12.7 Å². The molecule has 0 saturated carbocycles. The van der Waals surface area contributed by atoms with Crippen molar-refractivity contribution in [3.8, 4) is 0 Å². The highest BCUT2D eigenvalue weighted by molar-refractivity contribution is 5.80. The number of amides is 1. The standard InChI is InChI=1S/C15H25N3O/c1-11(2)8-18-14(19)10-17-13-7-6-12(9-16-13)15(3,4)5/h6-7,9,11H,8,10H2,1-5H3,(H,16,17)(H,18,19). The monoisotopic (exact) mass is 263 g/mol. The van der Waals surface area contributed by atoms with Crippen molar-refractivity contribution < 1.29 is 4.79 Å². The zero-order chi connectivity index (χ0) is 14.5. The topological polar surface area (TPSA) is 54.0 Å². The van der Waals surface area contributed by atoms with Crippen LogP contribution in [0, 0.1) is 5.92 Å². The van der Waals surface area contributed by atoms with Gasteiger partial charge in [0.05, 0.1) is 6.54 Å². The van der Waals surface area contributed by atoms with E-state index in [4.69, 9.17) is 0 Å². The Bertz CT molecular complexity index is 404. The minimum atomic E-state index is -0.00426. The Morgan fingerprint density at radius 3 is 2.47 bits per heavy atom. The lowest BCUT2D eigenvalue weighted by Crippen LogP contribution is -2.32. The van der Waals surface area contributed by atoms with Crippen LogP contribution in [0.5, 0.6) is 0 Å². The zero-order valence-electron chi connectivity index (χ0n) is 12.6. The molecule has 1 aromatic heterocycles. The van der Waals surface area contributed by atoms with Gasteiger partial charge in [-0.1, -0.05) is 40.7 Å². The van der Waals surface area contributed by atoms with Gasteiger partial charge in [-0.25, -0.2) is 4.98 Å². The Hall–Kier alpha value is -1.58. The molecule has 1 aromatic rings. The van der Waals surface area contributed by atoms with E-state index >= 15 is 0 Å². The lowest BCUT2D eigenvalue weighted by Gasteiger charge is -2.18. The second kappa shape index (κ2) is 6.55. The van der Waals surface area contributed by atoms with Crippen molar-refractivity contribution in [1.82, 2.24) is 10.3 Å². The minimum Gasteiger partial charge on any atom is -0.361 e. The molecular weight excluding hydrogens is 238 g/mol. The maximum atomic E-state index is 11.5. The van der Waals surface area contributed by atoms with Gasteiger partial charge in [0.15, 0.2) is 0 Å². The van der Waals surface area contributed by atoms with Crippen LogP contribution < -0.4 is 10.6 Å². The van der Waals surface area contributed by atoms with Gasteiger partial charge in [-0.15, -0.1) is 0 Å². The molecule has 1 heterocycles. The van der Waals surface area contributed by atoms with Crippen LogP contribution in [0.2, 0.25) is 0 Å². The fourth-order valence-electron chi connectivity index (χ4n) is 1.49. The van der Waals surface area contributed by atoms with Crippen molar-refractivity contribution in [2.24, 2.45) is 5.92 Å². The van der Waals surface area contributed by atoms with Crippen molar-refractivity contribution in [2.45, 2.75) is 40.0 Å². The highest BCUT2D eigenvalue weighted by Gasteiger charge is 2.13. The number of aromatic nitrogens is 1. The van der Waals surface area contributed by atoms with E-state index in [1.165, 1.54) is 5.56 Å².